The largest absolute Gasteiger partial charge is 0.279 e. The highest BCUT2D eigenvalue weighted by molar-refractivity contribution is 7.92. The summed E-state index contributed by atoms with van der Waals surface area (Å²) in [7, 11) is -3.69. The number of hydrogen-bond acceptors (Lipinski definition) is 4. The van der Waals surface area contributed by atoms with Crippen LogP contribution < -0.4 is 4.72 Å². The van der Waals surface area contributed by atoms with Crippen molar-refractivity contribution in [2.75, 3.05) is 4.72 Å². The van der Waals surface area contributed by atoms with Crippen molar-refractivity contribution in [1.82, 2.24) is 9.97 Å². The van der Waals surface area contributed by atoms with Gasteiger partial charge in [0.2, 0.25) is 0 Å². The highest BCUT2D eigenvalue weighted by atomic mass is 32.2. The van der Waals surface area contributed by atoms with E-state index in [1.807, 2.05) is 25.1 Å². The molecule has 0 aliphatic heterocycles. The fourth-order valence-electron chi connectivity index (χ4n) is 2.78. The number of aryl methyl sites for hydroxylation is 1. The Hall–Kier alpha value is -2.99. The zero-order valence-electron chi connectivity index (χ0n) is 13.5. The van der Waals surface area contributed by atoms with E-state index in [0.29, 0.717) is 16.6 Å². The third-order valence-corrected chi connectivity index (χ3v) is 5.42. The summed E-state index contributed by atoms with van der Waals surface area (Å²) < 4.78 is 28.2. The number of anilines is 1. The van der Waals surface area contributed by atoms with Crippen LogP contribution in [-0.2, 0) is 10.0 Å². The normalized spacial score (nSPS) is 11.7. The van der Waals surface area contributed by atoms with Crippen LogP contribution in [0.5, 0.6) is 0 Å². The monoisotopic (exact) mass is 349 g/mol. The fourth-order valence-corrected chi connectivity index (χ4v) is 3.85. The molecule has 25 heavy (non-hydrogen) atoms. The van der Waals surface area contributed by atoms with Crippen LogP contribution >= 0.6 is 0 Å². The number of nitrogens with one attached hydrogen (secondary N) is 1. The van der Waals surface area contributed by atoms with Crippen LogP contribution in [0.3, 0.4) is 0 Å². The number of nitrogens with zero attached hydrogens (tertiary/aromatic N) is 2. The average Bonchev–Trinajstić information content (AvgIpc) is 2.62. The Bertz CT molecular complexity index is 1190. The van der Waals surface area contributed by atoms with Crippen molar-refractivity contribution < 1.29 is 8.42 Å². The zero-order valence-corrected chi connectivity index (χ0v) is 14.3. The van der Waals surface area contributed by atoms with E-state index in [9.17, 15) is 8.42 Å². The van der Waals surface area contributed by atoms with E-state index in [-0.39, 0.29) is 4.90 Å². The molecule has 0 unspecified atom stereocenters. The molecule has 4 rings (SSSR count). The van der Waals surface area contributed by atoms with Crippen LogP contribution in [-0.4, -0.2) is 18.4 Å². The minimum absolute atomic E-state index is 0.224. The van der Waals surface area contributed by atoms with Crippen molar-refractivity contribution in [3.63, 3.8) is 0 Å². The zero-order chi connectivity index (χ0) is 17.4. The predicted octanol–water partition coefficient (Wildman–Crippen LogP) is 3.89. The SMILES string of the molecule is Cc1ccc(S(=O)(=O)Nc2cc3cccnc3c3ncccc23)cc1. The highest BCUT2D eigenvalue weighted by Crippen LogP contribution is 2.30. The van der Waals surface area contributed by atoms with Gasteiger partial charge in [0.15, 0.2) is 0 Å². The van der Waals surface area contributed by atoms with Gasteiger partial charge in [-0.3, -0.25) is 14.7 Å². The second kappa shape index (κ2) is 5.82. The van der Waals surface area contributed by atoms with Crippen LogP contribution in [0.1, 0.15) is 5.56 Å². The summed E-state index contributed by atoms with van der Waals surface area (Å²) in [5.74, 6) is 0. The molecule has 6 heteroatoms. The summed E-state index contributed by atoms with van der Waals surface area (Å²) in [5.41, 5.74) is 2.91. The molecule has 0 aliphatic carbocycles. The van der Waals surface area contributed by atoms with Crippen molar-refractivity contribution in [1.29, 1.82) is 0 Å². The Morgan fingerprint density at radius 1 is 0.880 bits per heavy atom. The summed E-state index contributed by atoms with van der Waals surface area (Å²) in [5, 5.41) is 1.54. The molecule has 5 nitrogen and oxygen atoms in total. The quantitative estimate of drug-likeness (QED) is 0.570. The van der Waals surface area contributed by atoms with E-state index in [1.54, 1.807) is 48.8 Å². The molecule has 0 atom stereocenters. The van der Waals surface area contributed by atoms with Gasteiger partial charge in [0.25, 0.3) is 10.0 Å². The summed E-state index contributed by atoms with van der Waals surface area (Å²) in [6.45, 7) is 1.92. The maximum Gasteiger partial charge on any atom is 0.261 e. The Balaban J connectivity index is 1.89. The molecule has 0 bridgehead atoms. The highest BCUT2D eigenvalue weighted by Gasteiger charge is 2.17. The van der Waals surface area contributed by atoms with Crippen molar-refractivity contribution in [3.8, 4) is 0 Å². The summed E-state index contributed by atoms with van der Waals surface area (Å²) in [4.78, 5) is 8.99. The van der Waals surface area contributed by atoms with E-state index >= 15 is 0 Å². The second-order valence-electron chi connectivity index (χ2n) is 5.82. The number of benzene rings is 2. The van der Waals surface area contributed by atoms with Gasteiger partial charge in [0.05, 0.1) is 21.6 Å². The van der Waals surface area contributed by atoms with Crippen molar-refractivity contribution in [2.24, 2.45) is 0 Å². The first kappa shape index (κ1) is 15.5. The van der Waals surface area contributed by atoms with Crippen LogP contribution in [0.4, 0.5) is 5.69 Å². The molecule has 124 valence electrons. The molecule has 0 radical (unpaired) electrons. The van der Waals surface area contributed by atoms with Gasteiger partial charge in [0, 0.05) is 23.2 Å². The van der Waals surface area contributed by atoms with Crippen LogP contribution in [0.15, 0.2) is 71.9 Å². The summed E-state index contributed by atoms with van der Waals surface area (Å²) in [6.07, 6.45) is 3.38. The molecule has 0 spiro atoms. The molecule has 4 aromatic rings. The Morgan fingerprint density at radius 2 is 1.56 bits per heavy atom. The summed E-state index contributed by atoms with van der Waals surface area (Å²) in [6, 6.07) is 15.9. The molecule has 0 saturated carbocycles. The van der Waals surface area contributed by atoms with Crippen LogP contribution in [0, 0.1) is 6.92 Å². The van der Waals surface area contributed by atoms with E-state index in [0.717, 1.165) is 16.5 Å². The minimum atomic E-state index is -3.69. The third kappa shape index (κ3) is 2.81. The van der Waals surface area contributed by atoms with Gasteiger partial charge < -0.3 is 0 Å². The average molecular weight is 349 g/mol. The molecule has 0 saturated heterocycles. The lowest BCUT2D eigenvalue weighted by atomic mass is 10.1. The smallest absolute Gasteiger partial charge is 0.261 e. The Morgan fingerprint density at radius 3 is 2.32 bits per heavy atom. The van der Waals surface area contributed by atoms with Gasteiger partial charge in [-0.25, -0.2) is 8.42 Å². The van der Waals surface area contributed by atoms with E-state index in [4.69, 9.17) is 0 Å². The Labute approximate surface area is 145 Å². The molecule has 2 aromatic carbocycles. The maximum absolute atomic E-state index is 12.7. The number of pyridine rings is 2. The summed E-state index contributed by atoms with van der Waals surface area (Å²) >= 11 is 0. The fraction of sp³-hybridized carbons (Fsp3) is 0.0526. The number of aromatic nitrogens is 2. The van der Waals surface area contributed by atoms with Gasteiger partial charge in [-0.15, -0.1) is 0 Å². The standard InChI is InChI=1S/C19H15N3O2S/c1-13-6-8-15(9-7-13)25(23,24)22-17-12-14-4-2-10-20-18(14)19-16(17)5-3-11-21-19/h2-12,22H,1H3. The lowest BCUT2D eigenvalue weighted by Gasteiger charge is -2.12. The van der Waals surface area contributed by atoms with Gasteiger partial charge in [0.1, 0.15) is 0 Å². The number of fused-ring (bicyclic) bond motifs is 3. The number of hydrogen-bond donors (Lipinski definition) is 1. The van der Waals surface area contributed by atoms with Gasteiger partial charge in [-0.05, 0) is 43.3 Å². The van der Waals surface area contributed by atoms with Crippen molar-refractivity contribution in [2.45, 2.75) is 11.8 Å². The lowest BCUT2D eigenvalue weighted by molar-refractivity contribution is 0.601. The molecule has 0 aliphatic rings. The number of rotatable bonds is 3. The topological polar surface area (TPSA) is 72.0 Å². The van der Waals surface area contributed by atoms with Crippen molar-refractivity contribution in [3.05, 3.63) is 72.6 Å². The number of sulfonamides is 1. The molecular weight excluding hydrogens is 334 g/mol. The Kier molecular flexibility index (Phi) is 3.62. The first-order chi connectivity index (χ1) is 12.0. The maximum atomic E-state index is 12.7. The molecule has 2 heterocycles. The lowest BCUT2D eigenvalue weighted by Crippen LogP contribution is -2.13. The van der Waals surface area contributed by atoms with Crippen molar-refractivity contribution >= 4 is 37.5 Å². The molecule has 0 fully saturated rings. The van der Waals surface area contributed by atoms with Gasteiger partial charge in [-0.1, -0.05) is 23.8 Å². The van der Waals surface area contributed by atoms with E-state index in [2.05, 4.69) is 14.7 Å². The first-order valence-corrected chi connectivity index (χ1v) is 9.25. The van der Waals surface area contributed by atoms with Crippen LogP contribution in [0.2, 0.25) is 0 Å². The van der Waals surface area contributed by atoms with E-state index < -0.39 is 10.0 Å². The predicted molar refractivity (Wildman–Crippen MR) is 99.0 cm³/mol. The second-order valence-corrected chi connectivity index (χ2v) is 7.50. The van der Waals surface area contributed by atoms with Gasteiger partial charge in [-0.2, -0.15) is 0 Å². The molecule has 2 aromatic heterocycles. The van der Waals surface area contributed by atoms with Gasteiger partial charge >= 0.3 is 0 Å². The third-order valence-electron chi connectivity index (χ3n) is 4.04. The molecule has 0 amide bonds. The van der Waals surface area contributed by atoms with E-state index in [1.165, 1.54) is 0 Å². The first-order valence-electron chi connectivity index (χ1n) is 7.76. The molecular formula is C19H15N3O2S. The van der Waals surface area contributed by atoms with Crippen LogP contribution in [0.25, 0.3) is 21.8 Å². The minimum Gasteiger partial charge on any atom is -0.279 e. The molecule has 1 N–H and O–H groups in total.